The van der Waals surface area contributed by atoms with Crippen LogP contribution in [0.25, 0.3) is 0 Å². The van der Waals surface area contributed by atoms with E-state index in [1.165, 1.54) is 25.3 Å². The van der Waals surface area contributed by atoms with Crippen LogP contribution >= 0.6 is 15.9 Å². The number of hydrogen-bond donors (Lipinski definition) is 1. The van der Waals surface area contributed by atoms with Gasteiger partial charge in [0.15, 0.2) is 11.5 Å². The van der Waals surface area contributed by atoms with Gasteiger partial charge in [0.25, 0.3) is 5.91 Å². The van der Waals surface area contributed by atoms with Crippen LogP contribution in [-0.2, 0) is 12.7 Å². The number of hydrogen-bond acceptors (Lipinski definition) is 3. The third kappa shape index (κ3) is 4.91. The monoisotopic (exact) mass is 431 g/mol. The number of alkyl halides is 3. The van der Waals surface area contributed by atoms with Crippen molar-refractivity contribution in [2.24, 2.45) is 0 Å². The average molecular weight is 432 g/mol. The molecule has 0 bridgehead atoms. The molecule has 1 amide bonds. The first kappa shape index (κ1) is 20.1. The summed E-state index contributed by atoms with van der Waals surface area (Å²) in [4.78, 5) is 12.3. The molecule has 2 aromatic carbocycles. The number of carbonyl (C=O) groups excluding carboxylic acids is 1. The third-order valence-electron chi connectivity index (χ3n) is 3.49. The van der Waals surface area contributed by atoms with Crippen molar-refractivity contribution in [2.75, 3.05) is 13.7 Å². The van der Waals surface area contributed by atoms with Crippen molar-refractivity contribution in [3.05, 3.63) is 57.6 Å². The Bertz CT molecular complexity index is 794. The van der Waals surface area contributed by atoms with Gasteiger partial charge in [0.05, 0.1) is 23.8 Å². The normalized spacial score (nSPS) is 11.2. The predicted molar refractivity (Wildman–Crippen MR) is 94.5 cm³/mol. The Balaban J connectivity index is 2.14. The van der Waals surface area contributed by atoms with Gasteiger partial charge >= 0.3 is 6.18 Å². The van der Waals surface area contributed by atoms with Gasteiger partial charge in [-0.25, -0.2) is 0 Å². The Morgan fingerprint density at radius 2 is 1.96 bits per heavy atom. The van der Waals surface area contributed by atoms with Crippen LogP contribution in [0.15, 0.2) is 40.9 Å². The number of nitrogens with one attached hydrogen (secondary N) is 1. The average Bonchev–Trinajstić information content (AvgIpc) is 2.60. The highest BCUT2D eigenvalue weighted by Crippen LogP contribution is 2.36. The second-order valence-corrected chi connectivity index (χ2v) is 6.16. The van der Waals surface area contributed by atoms with E-state index in [1.807, 2.05) is 6.92 Å². The highest BCUT2D eigenvalue weighted by molar-refractivity contribution is 9.10. The van der Waals surface area contributed by atoms with Crippen LogP contribution in [-0.4, -0.2) is 19.6 Å². The number of benzene rings is 2. The second kappa shape index (κ2) is 8.44. The molecule has 26 heavy (non-hydrogen) atoms. The van der Waals surface area contributed by atoms with E-state index in [0.717, 1.165) is 12.1 Å². The Hall–Kier alpha value is -2.22. The van der Waals surface area contributed by atoms with E-state index in [4.69, 9.17) is 9.47 Å². The van der Waals surface area contributed by atoms with Crippen LogP contribution in [0.3, 0.4) is 0 Å². The van der Waals surface area contributed by atoms with Crippen molar-refractivity contribution < 1.29 is 27.4 Å². The summed E-state index contributed by atoms with van der Waals surface area (Å²) in [6.07, 6.45) is -4.42. The molecule has 0 spiro atoms. The van der Waals surface area contributed by atoms with Crippen LogP contribution in [0, 0.1) is 0 Å². The molecule has 0 fully saturated rings. The molecule has 8 heteroatoms. The molecule has 0 saturated heterocycles. The standard InChI is InChI=1S/C18H17BrF3NO3/c1-3-26-16-14(19)8-12(9-15(16)25-2)17(24)23-10-11-5-4-6-13(7-11)18(20,21)22/h4-9H,3,10H2,1-2H3,(H,23,24). The van der Waals surface area contributed by atoms with E-state index in [9.17, 15) is 18.0 Å². The van der Waals surface area contributed by atoms with Crippen molar-refractivity contribution in [1.82, 2.24) is 5.32 Å². The summed E-state index contributed by atoms with van der Waals surface area (Å²) in [6.45, 7) is 2.22. The van der Waals surface area contributed by atoms with Gasteiger partial charge in [-0.2, -0.15) is 13.2 Å². The van der Waals surface area contributed by atoms with Crippen molar-refractivity contribution in [1.29, 1.82) is 0 Å². The van der Waals surface area contributed by atoms with Gasteiger partial charge < -0.3 is 14.8 Å². The molecule has 1 N–H and O–H groups in total. The third-order valence-corrected chi connectivity index (χ3v) is 4.08. The fourth-order valence-electron chi connectivity index (χ4n) is 2.28. The number of rotatable bonds is 6. The van der Waals surface area contributed by atoms with Gasteiger partial charge in [-0.05, 0) is 52.7 Å². The Morgan fingerprint density at radius 3 is 2.58 bits per heavy atom. The molecule has 0 heterocycles. The van der Waals surface area contributed by atoms with Crippen LogP contribution < -0.4 is 14.8 Å². The first-order chi connectivity index (χ1) is 12.3. The lowest BCUT2D eigenvalue weighted by Crippen LogP contribution is -2.23. The first-order valence-electron chi connectivity index (χ1n) is 7.71. The minimum absolute atomic E-state index is 0.0318. The van der Waals surface area contributed by atoms with E-state index in [0.29, 0.717) is 33.7 Å². The minimum Gasteiger partial charge on any atom is -0.493 e. The summed E-state index contributed by atoms with van der Waals surface area (Å²) in [5, 5.41) is 2.60. The summed E-state index contributed by atoms with van der Waals surface area (Å²) < 4.78 is 49.5. The number of methoxy groups -OCH3 is 1. The fraction of sp³-hybridized carbons (Fsp3) is 0.278. The highest BCUT2D eigenvalue weighted by atomic mass is 79.9. The largest absolute Gasteiger partial charge is 0.493 e. The van der Waals surface area contributed by atoms with Gasteiger partial charge in [-0.1, -0.05) is 12.1 Å². The van der Waals surface area contributed by atoms with Crippen molar-refractivity contribution in [2.45, 2.75) is 19.6 Å². The van der Waals surface area contributed by atoms with Gasteiger partial charge in [-0.15, -0.1) is 0 Å². The van der Waals surface area contributed by atoms with Gasteiger partial charge in [0, 0.05) is 12.1 Å². The smallest absolute Gasteiger partial charge is 0.416 e. The molecule has 0 atom stereocenters. The zero-order chi connectivity index (χ0) is 19.3. The molecule has 0 unspecified atom stereocenters. The maximum Gasteiger partial charge on any atom is 0.416 e. The van der Waals surface area contributed by atoms with E-state index in [2.05, 4.69) is 21.2 Å². The molecule has 140 valence electrons. The maximum absolute atomic E-state index is 12.7. The van der Waals surface area contributed by atoms with Crippen LogP contribution in [0.5, 0.6) is 11.5 Å². The molecule has 0 saturated carbocycles. The van der Waals surface area contributed by atoms with E-state index in [-0.39, 0.29) is 6.54 Å². The molecular formula is C18H17BrF3NO3. The van der Waals surface area contributed by atoms with Gasteiger partial charge in [-0.3, -0.25) is 4.79 Å². The SMILES string of the molecule is CCOc1c(Br)cc(C(=O)NCc2cccc(C(F)(F)F)c2)cc1OC. The molecule has 2 rings (SSSR count). The Morgan fingerprint density at radius 1 is 1.23 bits per heavy atom. The molecular weight excluding hydrogens is 415 g/mol. The summed E-state index contributed by atoms with van der Waals surface area (Å²) in [5.74, 6) is 0.416. The zero-order valence-electron chi connectivity index (χ0n) is 14.1. The summed E-state index contributed by atoms with van der Waals surface area (Å²) in [7, 11) is 1.45. The molecule has 0 aliphatic carbocycles. The van der Waals surface area contributed by atoms with E-state index in [1.54, 1.807) is 6.07 Å². The molecule has 0 aliphatic rings. The number of amides is 1. The van der Waals surface area contributed by atoms with Crippen LogP contribution in [0.4, 0.5) is 13.2 Å². The number of ether oxygens (including phenoxy) is 2. The summed E-state index contributed by atoms with van der Waals surface area (Å²) >= 11 is 3.33. The van der Waals surface area contributed by atoms with Crippen molar-refractivity contribution >= 4 is 21.8 Å². The maximum atomic E-state index is 12.7. The van der Waals surface area contributed by atoms with E-state index >= 15 is 0 Å². The first-order valence-corrected chi connectivity index (χ1v) is 8.50. The van der Waals surface area contributed by atoms with Gasteiger partial charge in [0.1, 0.15) is 0 Å². The van der Waals surface area contributed by atoms with Crippen molar-refractivity contribution in [3.63, 3.8) is 0 Å². The van der Waals surface area contributed by atoms with Crippen LogP contribution in [0.1, 0.15) is 28.4 Å². The predicted octanol–water partition coefficient (Wildman–Crippen LogP) is 4.81. The number of halogens is 4. The molecule has 0 aliphatic heterocycles. The van der Waals surface area contributed by atoms with Crippen LogP contribution in [0.2, 0.25) is 0 Å². The minimum atomic E-state index is -4.42. The topological polar surface area (TPSA) is 47.6 Å². The lowest BCUT2D eigenvalue weighted by atomic mass is 10.1. The number of carbonyl (C=O) groups is 1. The molecule has 0 aromatic heterocycles. The lowest BCUT2D eigenvalue weighted by molar-refractivity contribution is -0.137. The Labute approximate surface area is 157 Å². The highest BCUT2D eigenvalue weighted by Gasteiger charge is 2.30. The lowest BCUT2D eigenvalue weighted by Gasteiger charge is -2.14. The quantitative estimate of drug-likeness (QED) is 0.713. The fourth-order valence-corrected chi connectivity index (χ4v) is 2.83. The van der Waals surface area contributed by atoms with E-state index < -0.39 is 17.6 Å². The molecule has 0 radical (unpaired) electrons. The molecule has 4 nitrogen and oxygen atoms in total. The zero-order valence-corrected chi connectivity index (χ0v) is 15.7. The Kier molecular flexibility index (Phi) is 6.52. The summed E-state index contributed by atoms with van der Waals surface area (Å²) in [6, 6.07) is 7.89. The van der Waals surface area contributed by atoms with Gasteiger partial charge in [0.2, 0.25) is 0 Å². The second-order valence-electron chi connectivity index (χ2n) is 5.30. The molecule has 2 aromatic rings. The summed E-state index contributed by atoms with van der Waals surface area (Å²) in [5.41, 5.74) is -0.107. The van der Waals surface area contributed by atoms with Crippen molar-refractivity contribution in [3.8, 4) is 11.5 Å².